The minimum absolute atomic E-state index is 0. The molecule has 7 nitrogen and oxygen atoms in total. The van der Waals surface area contributed by atoms with Gasteiger partial charge in [0.1, 0.15) is 12.1 Å². The van der Waals surface area contributed by atoms with E-state index in [4.69, 9.17) is 4.42 Å². The number of benzene rings is 2. The number of guanidine groups is 1. The lowest BCUT2D eigenvalue weighted by atomic mass is 10.1. The number of nitrogens with one attached hydrogen (secondary N) is 2. The van der Waals surface area contributed by atoms with E-state index in [9.17, 15) is 12.8 Å². The first-order valence-electron chi connectivity index (χ1n) is 9.79. The van der Waals surface area contributed by atoms with E-state index in [0.29, 0.717) is 36.3 Å². The highest BCUT2D eigenvalue weighted by molar-refractivity contribution is 14.0. The molecule has 0 unspecified atom stereocenters. The number of oxazole rings is 1. The van der Waals surface area contributed by atoms with Crippen LogP contribution in [-0.2, 0) is 22.7 Å². The average molecular weight is 572 g/mol. The van der Waals surface area contributed by atoms with Crippen LogP contribution in [0.4, 0.5) is 4.39 Å². The van der Waals surface area contributed by atoms with Crippen molar-refractivity contribution in [3.8, 4) is 11.5 Å². The normalized spacial score (nSPS) is 11.7. The Morgan fingerprint density at radius 2 is 1.66 bits per heavy atom. The molecule has 172 valence electrons. The van der Waals surface area contributed by atoms with Gasteiger partial charge in [0, 0.05) is 38.4 Å². The van der Waals surface area contributed by atoms with E-state index in [1.807, 2.05) is 12.1 Å². The van der Waals surface area contributed by atoms with Gasteiger partial charge in [0.05, 0.1) is 10.6 Å². The highest BCUT2D eigenvalue weighted by atomic mass is 127. The molecule has 0 radical (unpaired) electrons. The van der Waals surface area contributed by atoms with Crippen LogP contribution in [0.3, 0.4) is 0 Å². The molecular weight excluding hydrogens is 546 g/mol. The fourth-order valence-corrected chi connectivity index (χ4v) is 3.54. The maximum atomic E-state index is 13.0. The van der Waals surface area contributed by atoms with Gasteiger partial charge in [-0.3, -0.25) is 4.99 Å². The molecule has 0 atom stereocenters. The van der Waals surface area contributed by atoms with Crippen molar-refractivity contribution in [2.24, 2.45) is 4.99 Å². The van der Waals surface area contributed by atoms with Gasteiger partial charge in [-0.15, -0.1) is 24.0 Å². The lowest BCUT2D eigenvalue weighted by Gasteiger charge is -2.11. The first-order valence-corrected chi connectivity index (χ1v) is 11.7. The minimum atomic E-state index is -3.18. The number of hydrogen-bond acceptors (Lipinski definition) is 5. The predicted octanol–water partition coefficient (Wildman–Crippen LogP) is 3.45. The van der Waals surface area contributed by atoms with Gasteiger partial charge in [0.2, 0.25) is 5.89 Å². The molecule has 0 saturated heterocycles. The number of aromatic nitrogens is 1. The van der Waals surface area contributed by atoms with Crippen LogP contribution in [0.5, 0.6) is 0 Å². The zero-order valence-electron chi connectivity index (χ0n) is 17.8. The lowest BCUT2D eigenvalue weighted by molar-refractivity contribution is 0.571. The Labute approximate surface area is 204 Å². The van der Waals surface area contributed by atoms with Gasteiger partial charge in [0.25, 0.3) is 0 Å². The van der Waals surface area contributed by atoms with Crippen molar-refractivity contribution in [3.05, 3.63) is 71.9 Å². The lowest BCUT2D eigenvalue weighted by Crippen LogP contribution is -2.39. The Kier molecular flexibility index (Phi) is 9.63. The third-order valence-electron chi connectivity index (χ3n) is 4.60. The molecule has 32 heavy (non-hydrogen) atoms. The monoisotopic (exact) mass is 572 g/mol. The van der Waals surface area contributed by atoms with Crippen molar-refractivity contribution >= 4 is 39.8 Å². The third-order valence-corrected chi connectivity index (χ3v) is 5.73. The quantitative estimate of drug-likeness (QED) is 0.244. The second-order valence-corrected chi connectivity index (χ2v) is 9.01. The summed E-state index contributed by atoms with van der Waals surface area (Å²) in [5.41, 5.74) is 2.54. The zero-order valence-corrected chi connectivity index (χ0v) is 21.0. The summed E-state index contributed by atoms with van der Waals surface area (Å²) in [6, 6.07) is 12.9. The highest BCUT2D eigenvalue weighted by Gasteiger charge is 2.08. The Morgan fingerprint density at radius 3 is 2.25 bits per heavy atom. The average Bonchev–Trinajstić information content (AvgIpc) is 3.22. The topological polar surface area (TPSA) is 96.6 Å². The number of hydrogen-bond donors (Lipinski definition) is 2. The number of aliphatic imine (C=N–C) groups is 1. The summed E-state index contributed by atoms with van der Waals surface area (Å²) in [4.78, 5) is 8.94. The first kappa shape index (κ1) is 25.8. The molecule has 0 spiro atoms. The molecule has 3 rings (SSSR count). The second kappa shape index (κ2) is 12.0. The second-order valence-electron chi connectivity index (χ2n) is 6.99. The molecule has 2 N–H and O–H groups in total. The Bertz CT molecular complexity index is 1130. The van der Waals surface area contributed by atoms with Crippen molar-refractivity contribution in [3.63, 3.8) is 0 Å². The molecular formula is C22H26FIN4O3S. The van der Waals surface area contributed by atoms with Gasteiger partial charge < -0.3 is 15.1 Å². The van der Waals surface area contributed by atoms with E-state index in [2.05, 4.69) is 20.6 Å². The molecule has 0 aliphatic heterocycles. The van der Waals surface area contributed by atoms with Crippen LogP contribution in [0.1, 0.15) is 11.3 Å². The van der Waals surface area contributed by atoms with Crippen LogP contribution in [0.15, 0.2) is 69.1 Å². The Morgan fingerprint density at radius 1 is 1.03 bits per heavy atom. The van der Waals surface area contributed by atoms with Crippen molar-refractivity contribution < 1.29 is 17.2 Å². The van der Waals surface area contributed by atoms with E-state index in [1.54, 1.807) is 37.6 Å². The van der Waals surface area contributed by atoms with Crippen molar-refractivity contribution in [2.45, 2.75) is 17.7 Å². The van der Waals surface area contributed by atoms with Crippen molar-refractivity contribution in [1.29, 1.82) is 0 Å². The van der Waals surface area contributed by atoms with Gasteiger partial charge in [-0.05, 0) is 48.4 Å². The molecule has 1 aromatic heterocycles. The smallest absolute Gasteiger partial charge is 0.226 e. The van der Waals surface area contributed by atoms with Crippen molar-refractivity contribution in [1.82, 2.24) is 15.6 Å². The molecule has 0 aliphatic carbocycles. The fraction of sp³-hybridized carbons (Fsp3) is 0.273. The van der Waals surface area contributed by atoms with E-state index >= 15 is 0 Å². The summed E-state index contributed by atoms with van der Waals surface area (Å²) in [5.74, 6) is 0.818. The maximum Gasteiger partial charge on any atom is 0.226 e. The summed E-state index contributed by atoms with van der Waals surface area (Å²) < 4.78 is 41.5. The standard InChI is InChI=1S/C22H25FN4O3S.HI/c1-24-22(25-13-11-16-3-9-20(10-4-16)31(2,28)29)26-14-12-19-15-30-21(27-19)17-5-7-18(23)8-6-17;/h3-10,15H,11-14H2,1-2H3,(H2,24,25,26);1H. The Hall–Kier alpha value is -2.47. The Balaban J connectivity index is 0.00000363. The van der Waals surface area contributed by atoms with Crippen LogP contribution in [0.2, 0.25) is 0 Å². The fourth-order valence-electron chi connectivity index (χ4n) is 2.90. The molecule has 1 heterocycles. The number of halogens is 2. The van der Waals surface area contributed by atoms with E-state index in [1.165, 1.54) is 18.4 Å². The van der Waals surface area contributed by atoms with Crippen molar-refractivity contribution in [2.75, 3.05) is 26.4 Å². The first-order chi connectivity index (χ1) is 14.8. The number of sulfone groups is 1. The third kappa shape index (κ3) is 7.59. The maximum absolute atomic E-state index is 13.0. The molecule has 10 heteroatoms. The molecule has 0 saturated carbocycles. The van der Waals surface area contributed by atoms with Crippen LogP contribution in [-0.4, -0.2) is 45.8 Å². The minimum Gasteiger partial charge on any atom is -0.444 e. The molecule has 0 fully saturated rings. The largest absolute Gasteiger partial charge is 0.444 e. The SMILES string of the molecule is CN=C(NCCc1ccc(S(C)(=O)=O)cc1)NCCc1coc(-c2ccc(F)cc2)n1.I. The van der Waals surface area contributed by atoms with Gasteiger partial charge in [-0.2, -0.15) is 0 Å². The summed E-state index contributed by atoms with van der Waals surface area (Å²) in [6.45, 7) is 1.26. The van der Waals surface area contributed by atoms with E-state index in [-0.39, 0.29) is 29.8 Å². The molecule has 0 aliphatic rings. The summed E-state index contributed by atoms with van der Waals surface area (Å²) in [7, 11) is -1.48. The summed E-state index contributed by atoms with van der Waals surface area (Å²) in [5, 5.41) is 6.44. The van der Waals surface area contributed by atoms with Gasteiger partial charge in [0.15, 0.2) is 15.8 Å². The van der Waals surface area contributed by atoms with Gasteiger partial charge in [-0.1, -0.05) is 12.1 Å². The van der Waals surface area contributed by atoms with Crippen LogP contribution < -0.4 is 10.6 Å². The van der Waals surface area contributed by atoms with Crippen LogP contribution in [0.25, 0.3) is 11.5 Å². The molecule has 2 aromatic carbocycles. The predicted molar refractivity (Wildman–Crippen MR) is 134 cm³/mol. The van der Waals surface area contributed by atoms with Gasteiger partial charge >= 0.3 is 0 Å². The molecule has 0 bridgehead atoms. The summed E-state index contributed by atoms with van der Waals surface area (Å²) >= 11 is 0. The molecule has 0 amide bonds. The summed E-state index contributed by atoms with van der Waals surface area (Å²) in [6.07, 6.45) is 4.16. The van der Waals surface area contributed by atoms with Crippen LogP contribution in [0, 0.1) is 5.82 Å². The van der Waals surface area contributed by atoms with E-state index < -0.39 is 9.84 Å². The zero-order chi connectivity index (χ0) is 22.3. The number of nitrogens with zero attached hydrogens (tertiary/aromatic N) is 2. The van der Waals surface area contributed by atoms with Gasteiger partial charge in [-0.25, -0.2) is 17.8 Å². The van der Waals surface area contributed by atoms with E-state index in [0.717, 1.165) is 23.2 Å². The molecule has 3 aromatic rings. The highest BCUT2D eigenvalue weighted by Crippen LogP contribution is 2.19. The number of rotatable bonds is 8. The van der Waals surface area contributed by atoms with Crippen LogP contribution >= 0.6 is 24.0 Å².